The lowest BCUT2D eigenvalue weighted by Gasteiger charge is -2.15. The maximum atomic E-state index is 12.3. The standard InChI is InChI=1S/C15H19N5OS/c1-8-5-4-6-9(2)13(8)20-14(21)10(3)22-15-18-11(16)7-12(17)19-15/h4-7,10H,1-3H3,(H,20,21)(H4,16,17,18,19). The first-order valence-electron chi connectivity index (χ1n) is 6.80. The average molecular weight is 317 g/mol. The highest BCUT2D eigenvalue weighted by atomic mass is 32.2. The lowest BCUT2D eigenvalue weighted by Crippen LogP contribution is -2.23. The number of carbonyl (C=O) groups is 1. The van der Waals surface area contributed by atoms with Gasteiger partial charge in [-0.15, -0.1) is 0 Å². The van der Waals surface area contributed by atoms with Crippen LogP contribution in [0.4, 0.5) is 17.3 Å². The van der Waals surface area contributed by atoms with E-state index in [1.54, 1.807) is 6.92 Å². The molecule has 6 nitrogen and oxygen atoms in total. The normalized spacial score (nSPS) is 12.0. The predicted molar refractivity (Wildman–Crippen MR) is 90.7 cm³/mol. The van der Waals surface area contributed by atoms with E-state index in [2.05, 4.69) is 15.3 Å². The number of aryl methyl sites for hydroxylation is 2. The highest BCUT2D eigenvalue weighted by Crippen LogP contribution is 2.24. The smallest absolute Gasteiger partial charge is 0.237 e. The SMILES string of the molecule is Cc1cccc(C)c1NC(=O)C(C)Sc1nc(N)cc(N)n1. The summed E-state index contributed by atoms with van der Waals surface area (Å²) >= 11 is 1.22. The second-order valence-electron chi connectivity index (χ2n) is 5.02. The minimum atomic E-state index is -0.375. The van der Waals surface area contributed by atoms with Gasteiger partial charge in [0.1, 0.15) is 11.6 Å². The van der Waals surface area contributed by atoms with E-state index in [1.165, 1.54) is 17.8 Å². The van der Waals surface area contributed by atoms with E-state index < -0.39 is 0 Å². The molecule has 1 aromatic carbocycles. The maximum absolute atomic E-state index is 12.3. The zero-order valence-corrected chi connectivity index (χ0v) is 13.6. The molecule has 0 aliphatic carbocycles. The van der Waals surface area contributed by atoms with Crippen molar-refractivity contribution >= 4 is 35.0 Å². The first-order chi connectivity index (χ1) is 10.4. The summed E-state index contributed by atoms with van der Waals surface area (Å²) in [6.07, 6.45) is 0. The van der Waals surface area contributed by atoms with Gasteiger partial charge in [0.25, 0.3) is 0 Å². The third-order valence-electron chi connectivity index (χ3n) is 3.13. The molecule has 0 saturated carbocycles. The van der Waals surface area contributed by atoms with Crippen LogP contribution in [0.15, 0.2) is 29.4 Å². The molecular weight excluding hydrogens is 298 g/mol. The van der Waals surface area contributed by atoms with Crippen molar-refractivity contribution in [3.8, 4) is 0 Å². The molecule has 0 saturated heterocycles. The number of nitrogens with two attached hydrogens (primary N) is 2. The van der Waals surface area contributed by atoms with Crippen molar-refractivity contribution in [2.24, 2.45) is 0 Å². The van der Waals surface area contributed by atoms with Crippen LogP contribution in [-0.2, 0) is 4.79 Å². The van der Waals surface area contributed by atoms with Crippen LogP contribution in [0.3, 0.4) is 0 Å². The van der Waals surface area contributed by atoms with Crippen molar-refractivity contribution in [1.29, 1.82) is 0 Å². The van der Waals surface area contributed by atoms with Crippen molar-refractivity contribution in [2.45, 2.75) is 31.2 Å². The number of thioether (sulfide) groups is 1. The number of nitrogens with zero attached hydrogens (tertiary/aromatic N) is 2. The molecule has 1 amide bonds. The molecule has 2 rings (SSSR count). The number of nitrogen functional groups attached to an aromatic ring is 2. The van der Waals surface area contributed by atoms with Crippen molar-refractivity contribution < 1.29 is 4.79 Å². The van der Waals surface area contributed by atoms with Crippen LogP contribution in [0.2, 0.25) is 0 Å². The summed E-state index contributed by atoms with van der Waals surface area (Å²) in [5.41, 5.74) is 14.1. The molecule has 7 heteroatoms. The summed E-state index contributed by atoms with van der Waals surface area (Å²) in [6, 6.07) is 7.36. The Kier molecular flexibility index (Phi) is 4.87. The van der Waals surface area contributed by atoms with Gasteiger partial charge in [0.15, 0.2) is 5.16 Å². The van der Waals surface area contributed by atoms with Gasteiger partial charge in [0.05, 0.1) is 5.25 Å². The maximum Gasteiger partial charge on any atom is 0.237 e. The van der Waals surface area contributed by atoms with Crippen LogP contribution in [0.1, 0.15) is 18.1 Å². The fourth-order valence-electron chi connectivity index (χ4n) is 1.96. The Bertz CT molecular complexity index is 664. The average Bonchev–Trinajstić information content (AvgIpc) is 2.41. The molecule has 5 N–H and O–H groups in total. The summed E-state index contributed by atoms with van der Waals surface area (Å²) < 4.78 is 0. The first kappa shape index (κ1) is 16.1. The van der Waals surface area contributed by atoms with E-state index in [9.17, 15) is 4.79 Å². The number of rotatable bonds is 4. The van der Waals surface area contributed by atoms with Crippen LogP contribution < -0.4 is 16.8 Å². The summed E-state index contributed by atoms with van der Waals surface area (Å²) in [7, 11) is 0. The Morgan fingerprint density at radius 2 is 1.73 bits per heavy atom. The Morgan fingerprint density at radius 1 is 1.18 bits per heavy atom. The van der Waals surface area contributed by atoms with Crippen molar-refractivity contribution in [3.05, 3.63) is 35.4 Å². The predicted octanol–water partition coefficient (Wildman–Crippen LogP) is 2.38. The third kappa shape index (κ3) is 3.88. The number of carbonyl (C=O) groups excluding carboxylic acids is 1. The van der Waals surface area contributed by atoms with Gasteiger partial charge in [-0.1, -0.05) is 30.0 Å². The van der Waals surface area contributed by atoms with Gasteiger partial charge in [-0.25, -0.2) is 9.97 Å². The number of anilines is 3. The minimum Gasteiger partial charge on any atom is -0.383 e. The zero-order valence-electron chi connectivity index (χ0n) is 12.8. The molecule has 1 atom stereocenters. The molecule has 0 aliphatic rings. The van der Waals surface area contributed by atoms with Gasteiger partial charge in [-0.2, -0.15) is 0 Å². The first-order valence-corrected chi connectivity index (χ1v) is 7.68. The molecule has 0 aliphatic heterocycles. The van der Waals surface area contributed by atoms with Crippen LogP contribution in [0.5, 0.6) is 0 Å². The summed E-state index contributed by atoms with van der Waals surface area (Å²) in [6.45, 7) is 5.71. The lowest BCUT2D eigenvalue weighted by molar-refractivity contribution is -0.115. The number of nitrogens with one attached hydrogen (secondary N) is 1. The van der Waals surface area contributed by atoms with Gasteiger partial charge in [0.2, 0.25) is 5.91 Å². The second kappa shape index (κ2) is 6.65. The van der Waals surface area contributed by atoms with Gasteiger partial charge in [-0.3, -0.25) is 4.79 Å². The summed E-state index contributed by atoms with van der Waals surface area (Å²) in [5.74, 6) is 0.460. The van der Waals surface area contributed by atoms with Crippen LogP contribution >= 0.6 is 11.8 Å². The van der Waals surface area contributed by atoms with E-state index >= 15 is 0 Å². The Labute approximate surface area is 133 Å². The molecule has 0 radical (unpaired) electrons. The Balaban J connectivity index is 2.09. The van der Waals surface area contributed by atoms with Gasteiger partial charge in [0, 0.05) is 11.8 Å². The molecule has 0 bridgehead atoms. The number of aromatic nitrogens is 2. The van der Waals surface area contributed by atoms with Crippen LogP contribution in [0.25, 0.3) is 0 Å². The quantitative estimate of drug-likeness (QED) is 0.590. The van der Waals surface area contributed by atoms with Crippen molar-refractivity contribution in [1.82, 2.24) is 9.97 Å². The molecule has 0 fully saturated rings. The number of para-hydroxylation sites is 1. The van der Waals surface area contributed by atoms with Crippen LogP contribution in [0, 0.1) is 13.8 Å². The molecule has 1 unspecified atom stereocenters. The Hall–Kier alpha value is -2.28. The molecule has 116 valence electrons. The molecule has 0 spiro atoms. The van der Waals surface area contributed by atoms with E-state index in [-0.39, 0.29) is 22.8 Å². The zero-order chi connectivity index (χ0) is 16.3. The fourth-order valence-corrected chi connectivity index (χ4v) is 2.76. The molecule has 1 aromatic heterocycles. The number of hydrogen-bond donors (Lipinski definition) is 3. The minimum absolute atomic E-state index is 0.119. The topological polar surface area (TPSA) is 107 Å². The van der Waals surface area contributed by atoms with E-state index in [0.717, 1.165) is 16.8 Å². The molecule has 1 heterocycles. The van der Waals surface area contributed by atoms with Gasteiger partial charge >= 0.3 is 0 Å². The summed E-state index contributed by atoms with van der Waals surface area (Å²) in [5, 5.41) is 2.97. The highest BCUT2D eigenvalue weighted by Gasteiger charge is 2.18. The largest absolute Gasteiger partial charge is 0.383 e. The third-order valence-corrected chi connectivity index (χ3v) is 4.09. The number of hydrogen-bond acceptors (Lipinski definition) is 6. The molecular formula is C15H19N5OS. The lowest BCUT2D eigenvalue weighted by atomic mass is 10.1. The number of benzene rings is 1. The number of amides is 1. The highest BCUT2D eigenvalue weighted by molar-refractivity contribution is 8.00. The van der Waals surface area contributed by atoms with Crippen molar-refractivity contribution in [2.75, 3.05) is 16.8 Å². The fraction of sp³-hybridized carbons (Fsp3) is 0.267. The molecule has 22 heavy (non-hydrogen) atoms. The van der Waals surface area contributed by atoms with Crippen LogP contribution in [-0.4, -0.2) is 21.1 Å². The Morgan fingerprint density at radius 3 is 2.27 bits per heavy atom. The monoisotopic (exact) mass is 317 g/mol. The van der Waals surface area contributed by atoms with E-state index in [1.807, 2.05) is 32.0 Å². The second-order valence-corrected chi connectivity index (χ2v) is 6.32. The summed E-state index contributed by atoms with van der Waals surface area (Å²) in [4.78, 5) is 20.5. The van der Waals surface area contributed by atoms with Gasteiger partial charge < -0.3 is 16.8 Å². The van der Waals surface area contributed by atoms with E-state index in [4.69, 9.17) is 11.5 Å². The van der Waals surface area contributed by atoms with Crippen molar-refractivity contribution in [3.63, 3.8) is 0 Å². The van der Waals surface area contributed by atoms with E-state index in [0.29, 0.717) is 5.16 Å². The van der Waals surface area contributed by atoms with Gasteiger partial charge in [-0.05, 0) is 31.9 Å². The molecule has 2 aromatic rings.